The lowest BCUT2D eigenvalue weighted by Crippen LogP contribution is -2.58. The maximum atomic E-state index is 11.4. The summed E-state index contributed by atoms with van der Waals surface area (Å²) < 4.78 is 0. The Kier molecular flexibility index (Phi) is 6.19. The van der Waals surface area contributed by atoms with Gasteiger partial charge < -0.3 is 10.2 Å². The molecule has 0 bridgehead atoms. The van der Waals surface area contributed by atoms with Crippen LogP contribution in [0.3, 0.4) is 0 Å². The van der Waals surface area contributed by atoms with Crippen LogP contribution in [0.5, 0.6) is 0 Å². The molecule has 4 rings (SSSR count). The molecule has 0 aromatic carbocycles. The second-order valence-corrected chi connectivity index (χ2v) is 12.8. The maximum Gasteiger partial charge on any atom is 0.0577 e. The van der Waals surface area contributed by atoms with Gasteiger partial charge in [-0.2, -0.15) is 0 Å². The summed E-state index contributed by atoms with van der Waals surface area (Å²) in [4.78, 5) is 0. The summed E-state index contributed by atoms with van der Waals surface area (Å²) in [5.74, 6) is 4.94. The van der Waals surface area contributed by atoms with Crippen LogP contribution in [0.25, 0.3) is 0 Å². The minimum atomic E-state index is -0.136. The molecule has 10 atom stereocenters. The SMILES string of the molecule is CC(C)CCC[C@@H](C)[C@H]1CC[C@H]2[C@@H]3[C@H](O)CC4C[C@H](O)CC[C@]4(C)[C@H]3CC[C@]12C. The molecule has 4 fully saturated rings. The highest BCUT2D eigenvalue weighted by Gasteiger charge is 2.62. The molecule has 2 heteroatoms. The Morgan fingerprint density at radius 2 is 1.52 bits per heavy atom. The van der Waals surface area contributed by atoms with E-state index in [9.17, 15) is 10.2 Å². The number of hydrogen-bond acceptors (Lipinski definition) is 2. The molecule has 4 aliphatic rings. The summed E-state index contributed by atoms with van der Waals surface area (Å²) in [6, 6.07) is 0. The fourth-order valence-corrected chi connectivity index (χ4v) is 9.22. The highest BCUT2D eigenvalue weighted by molar-refractivity contribution is 5.11. The van der Waals surface area contributed by atoms with Gasteiger partial charge in [-0.1, -0.05) is 53.9 Å². The second kappa shape index (κ2) is 8.12. The third-order valence-electron chi connectivity index (χ3n) is 10.9. The molecule has 0 aliphatic heterocycles. The zero-order valence-corrected chi connectivity index (χ0v) is 19.9. The van der Waals surface area contributed by atoms with E-state index >= 15 is 0 Å². The summed E-state index contributed by atoms with van der Waals surface area (Å²) in [5, 5.41) is 21.6. The van der Waals surface area contributed by atoms with Crippen molar-refractivity contribution in [3.63, 3.8) is 0 Å². The van der Waals surface area contributed by atoms with Crippen LogP contribution in [-0.4, -0.2) is 22.4 Å². The summed E-state index contributed by atoms with van der Waals surface area (Å²) in [7, 11) is 0. The fourth-order valence-electron chi connectivity index (χ4n) is 9.22. The predicted molar refractivity (Wildman–Crippen MR) is 120 cm³/mol. The van der Waals surface area contributed by atoms with Crippen LogP contribution in [0.4, 0.5) is 0 Å². The van der Waals surface area contributed by atoms with Gasteiger partial charge in [0, 0.05) is 0 Å². The number of aliphatic hydroxyl groups is 2. The van der Waals surface area contributed by atoms with E-state index in [1.54, 1.807) is 0 Å². The van der Waals surface area contributed by atoms with Crippen molar-refractivity contribution in [2.24, 2.45) is 52.3 Å². The molecule has 168 valence electrons. The molecule has 4 saturated carbocycles. The molecular weight excluding hydrogens is 356 g/mol. The average molecular weight is 405 g/mol. The first kappa shape index (κ1) is 22.1. The normalized spacial score (nSPS) is 50.7. The van der Waals surface area contributed by atoms with Gasteiger partial charge in [0.05, 0.1) is 12.2 Å². The van der Waals surface area contributed by atoms with E-state index in [1.807, 2.05) is 0 Å². The van der Waals surface area contributed by atoms with Gasteiger partial charge in [0.25, 0.3) is 0 Å². The molecule has 0 spiro atoms. The quantitative estimate of drug-likeness (QED) is 0.553. The van der Waals surface area contributed by atoms with E-state index in [4.69, 9.17) is 0 Å². The number of aliphatic hydroxyl groups excluding tert-OH is 2. The van der Waals surface area contributed by atoms with Gasteiger partial charge in [-0.05, 0) is 104 Å². The topological polar surface area (TPSA) is 40.5 Å². The van der Waals surface area contributed by atoms with Crippen molar-refractivity contribution >= 4 is 0 Å². The van der Waals surface area contributed by atoms with E-state index in [-0.39, 0.29) is 12.2 Å². The van der Waals surface area contributed by atoms with Gasteiger partial charge in [0.15, 0.2) is 0 Å². The Morgan fingerprint density at radius 3 is 2.24 bits per heavy atom. The molecule has 29 heavy (non-hydrogen) atoms. The first-order chi connectivity index (χ1) is 13.7. The smallest absolute Gasteiger partial charge is 0.0577 e. The van der Waals surface area contributed by atoms with Crippen molar-refractivity contribution in [2.45, 2.75) is 117 Å². The third kappa shape index (κ3) is 3.73. The van der Waals surface area contributed by atoms with Crippen LogP contribution in [0.2, 0.25) is 0 Å². The molecule has 2 N–H and O–H groups in total. The lowest BCUT2D eigenvalue weighted by atomic mass is 9.43. The predicted octanol–water partition coefficient (Wildman–Crippen LogP) is 6.44. The first-order valence-corrected chi connectivity index (χ1v) is 13.0. The van der Waals surface area contributed by atoms with Gasteiger partial charge in [-0.25, -0.2) is 0 Å². The van der Waals surface area contributed by atoms with Crippen LogP contribution < -0.4 is 0 Å². The summed E-state index contributed by atoms with van der Waals surface area (Å²) in [5.41, 5.74) is 0.794. The van der Waals surface area contributed by atoms with E-state index in [0.717, 1.165) is 42.9 Å². The highest BCUT2D eigenvalue weighted by Crippen LogP contribution is 2.68. The summed E-state index contributed by atoms with van der Waals surface area (Å²) >= 11 is 0. The zero-order valence-electron chi connectivity index (χ0n) is 19.9. The minimum Gasteiger partial charge on any atom is -0.393 e. The molecule has 0 amide bonds. The van der Waals surface area contributed by atoms with Crippen molar-refractivity contribution in [1.82, 2.24) is 0 Å². The summed E-state index contributed by atoms with van der Waals surface area (Å²) in [6.45, 7) is 12.4. The van der Waals surface area contributed by atoms with Crippen LogP contribution in [-0.2, 0) is 0 Å². The molecule has 0 heterocycles. The molecule has 2 nitrogen and oxygen atoms in total. The maximum absolute atomic E-state index is 11.4. The molecule has 0 radical (unpaired) electrons. The highest BCUT2D eigenvalue weighted by atomic mass is 16.3. The standard InChI is InChI=1S/C27H48O2/c1-17(2)7-6-8-18(3)21-9-10-22-25-23(12-14-27(21,22)5)26(4)13-11-20(28)15-19(26)16-24(25)29/h17-25,28-29H,6-16H2,1-5H3/t18-,19?,20-,21-,22+,23+,24-,25+,26+,27-/m1/s1. The Labute approximate surface area is 180 Å². The lowest BCUT2D eigenvalue weighted by Gasteiger charge is -2.62. The molecular formula is C27H48O2. The summed E-state index contributed by atoms with van der Waals surface area (Å²) in [6.07, 6.45) is 13.3. The van der Waals surface area contributed by atoms with Gasteiger partial charge in [-0.3, -0.25) is 0 Å². The molecule has 0 aromatic rings. The van der Waals surface area contributed by atoms with Crippen LogP contribution >= 0.6 is 0 Å². The molecule has 4 aliphatic carbocycles. The molecule has 0 aromatic heterocycles. The van der Waals surface area contributed by atoms with Gasteiger partial charge in [0.2, 0.25) is 0 Å². The van der Waals surface area contributed by atoms with Crippen molar-refractivity contribution < 1.29 is 10.2 Å². The van der Waals surface area contributed by atoms with E-state index in [1.165, 1.54) is 51.4 Å². The monoisotopic (exact) mass is 404 g/mol. The van der Waals surface area contributed by atoms with E-state index in [2.05, 4.69) is 34.6 Å². The van der Waals surface area contributed by atoms with E-state index < -0.39 is 0 Å². The van der Waals surface area contributed by atoms with Gasteiger partial charge >= 0.3 is 0 Å². The van der Waals surface area contributed by atoms with Crippen LogP contribution in [0, 0.1) is 52.3 Å². The molecule has 1 unspecified atom stereocenters. The lowest BCUT2D eigenvalue weighted by molar-refractivity contribution is -0.174. The Hall–Kier alpha value is -0.0800. The Bertz CT molecular complexity index is 573. The number of rotatable bonds is 5. The van der Waals surface area contributed by atoms with Crippen LogP contribution in [0.1, 0.15) is 105 Å². The number of hydrogen-bond donors (Lipinski definition) is 2. The zero-order chi connectivity index (χ0) is 21.0. The van der Waals surface area contributed by atoms with E-state index in [0.29, 0.717) is 28.6 Å². The van der Waals surface area contributed by atoms with Gasteiger partial charge in [0.1, 0.15) is 0 Å². The van der Waals surface area contributed by atoms with Crippen molar-refractivity contribution in [1.29, 1.82) is 0 Å². The third-order valence-corrected chi connectivity index (χ3v) is 10.9. The van der Waals surface area contributed by atoms with Crippen LogP contribution in [0.15, 0.2) is 0 Å². The average Bonchev–Trinajstić information content (AvgIpc) is 3.00. The fraction of sp³-hybridized carbons (Fsp3) is 1.00. The Balaban J connectivity index is 1.50. The second-order valence-electron chi connectivity index (χ2n) is 12.8. The van der Waals surface area contributed by atoms with Crippen molar-refractivity contribution in [3.8, 4) is 0 Å². The van der Waals surface area contributed by atoms with Crippen molar-refractivity contribution in [2.75, 3.05) is 0 Å². The minimum absolute atomic E-state index is 0.131. The first-order valence-electron chi connectivity index (χ1n) is 13.0. The Morgan fingerprint density at radius 1 is 0.828 bits per heavy atom. The van der Waals surface area contributed by atoms with Crippen molar-refractivity contribution in [3.05, 3.63) is 0 Å². The van der Waals surface area contributed by atoms with Gasteiger partial charge in [-0.15, -0.1) is 0 Å². The molecule has 0 saturated heterocycles. The number of fused-ring (bicyclic) bond motifs is 5. The largest absolute Gasteiger partial charge is 0.393 e.